The number of carbonyl (C=O) groups is 2. The summed E-state index contributed by atoms with van der Waals surface area (Å²) >= 11 is 0. The molecular weight excluding hydrogens is 340 g/mol. The van der Waals surface area contributed by atoms with Gasteiger partial charge in [0.1, 0.15) is 0 Å². The number of nitrogens with one attached hydrogen (secondary N) is 1. The van der Waals surface area contributed by atoms with Crippen LogP contribution in [0.4, 0.5) is 0 Å². The molecule has 1 unspecified atom stereocenters. The van der Waals surface area contributed by atoms with E-state index >= 15 is 0 Å². The zero-order valence-electron chi connectivity index (χ0n) is 16.4. The summed E-state index contributed by atoms with van der Waals surface area (Å²) in [5.41, 5.74) is 1.26. The molecule has 1 saturated heterocycles. The van der Waals surface area contributed by atoms with Crippen molar-refractivity contribution in [2.24, 2.45) is 11.3 Å². The van der Waals surface area contributed by atoms with Crippen LogP contribution >= 0.6 is 0 Å². The highest BCUT2D eigenvalue weighted by molar-refractivity contribution is 5.83. The molecule has 1 aromatic rings. The lowest BCUT2D eigenvalue weighted by atomic mass is 9.76. The van der Waals surface area contributed by atoms with Crippen LogP contribution in [0.3, 0.4) is 0 Å². The molecule has 3 rings (SSSR count). The van der Waals surface area contributed by atoms with Crippen LogP contribution in [0.25, 0.3) is 0 Å². The maximum Gasteiger partial charge on any atom is 0.225 e. The first kappa shape index (κ1) is 19.9. The molecule has 1 aromatic carbocycles. The van der Waals surface area contributed by atoms with Crippen LogP contribution in [0.5, 0.6) is 0 Å². The van der Waals surface area contributed by atoms with Gasteiger partial charge in [-0.3, -0.25) is 9.59 Å². The summed E-state index contributed by atoms with van der Waals surface area (Å²) in [5, 5.41) is 3.00. The number of carbonyl (C=O) groups excluding carboxylic acids is 2. The van der Waals surface area contributed by atoms with Gasteiger partial charge in [0.05, 0.1) is 12.5 Å². The van der Waals surface area contributed by atoms with Crippen molar-refractivity contribution in [3.63, 3.8) is 0 Å². The fourth-order valence-corrected chi connectivity index (χ4v) is 4.75. The molecule has 0 aromatic heterocycles. The average molecular weight is 373 g/mol. The molecule has 27 heavy (non-hydrogen) atoms. The number of ether oxygens (including phenoxy) is 1. The van der Waals surface area contributed by atoms with Crippen LogP contribution in [0.1, 0.15) is 44.1 Å². The minimum absolute atomic E-state index is 0.00769. The zero-order chi connectivity index (χ0) is 19.1. The lowest BCUT2D eigenvalue weighted by Crippen LogP contribution is -2.41. The Hall–Kier alpha value is -1.88. The number of benzene rings is 1. The van der Waals surface area contributed by atoms with Gasteiger partial charge in [0.15, 0.2) is 0 Å². The number of nitrogens with zero attached hydrogens (tertiary/aromatic N) is 1. The second kappa shape index (κ2) is 9.36. The first-order valence-electron chi connectivity index (χ1n) is 10.2. The molecule has 5 heteroatoms. The molecule has 0 radical (unpaired) electrons. The van der Waals surface area contributed by atoms with E-state index in [1.54, 1.807) is 7.11 Å². The van der Waals surface area contributed by atoms with Gasteiger partial charge in [0.25, 0.3) is 0 Å². The SMILES string of the molecule is COCCNC(=O)C1CN(C(=O)CCCc2ccccc2)CC12CCCC2. The van der Waals surface area contributed by atoms with E-state index in [4.69, 9.17) is 4.74 Å². The van der Waals surface area contributed by atoms with Crippen LogP contribution in [-0.2, 0) is 20.7 Å². The van der Waals surface area contributed by atoms with Crippen molar-refractivity contribution in [2.75, 3.05) is 33.4 Å². The van der Waals surface area contributed by atoms with Gasteiger partial charge < -0.3 is 15.0 Å². The van der Waals surface area contributed by atoms with Gasteiger partial charge in [-0.1, -0.05) is 43.2 Å². The lowest BCUT2D eigenvalue weighted by Gasteiger charge is -2.28. The molecule has 1 aliphatic heterocycles. The smallest absolute Gasteiger partial charge is 0.225 e. The van der Waals surface area contributed by atoms with Gasteiger partial charge in [0.2, 0.25) is 11.8 Å². The van der Waals surface area contributed by atoms with E-state index in [9.17, 15) is 9.59 Å². The fourth-order valence-electron chi connectivity index (χ4n) is 4.75. The van der Waals surface area contributed by atoms with Crippen LogP contribution in [0, 0.1) is 11.3 Å². The van der Waals surface area contributed by atoms with E-state index in [2.05, 4.69) is 17.4 Å². The maximum absolute atomic E-state index is 12.8. The second-order valence-corrected chi connectivity index (χ2v) is 8.02. The molecule has 1 N–H and O–H groups in total. The molecule has 1 atom stereocenters. The molecule has 1 heterocycles. The summed E-state index contributed by atoms with van der Waals surface area (Å²) in [6.07, 6.45) is 6.79. The lowest BCUT2D eigenvalue weighted by molar-refractivity contribution is -0.130. The van der Waals surface area contributed by atoms with Gasteiger partial charge in [-0.2, -0.15) is 0 Å². The molecule has 1 aliphatic carbocycles. The van der Waals surface area contributed by atoms with E-state index < -0.39 is 0 Å². The van der Waals surface area contributed by atoms with Crippen molar-refractivity contribution in [1.82, 2.24) is 10.2 Å². The Labute approximate surface area is 162 Å². The molecule has 2 fully saturated rings. The van der Waals surface area contributed by atoms with Crippen LogP contribution in [0.2, 0.25) is 0 Å². The summed E-state index contributed by atoms with van der Waals surface area (Å²) < 4.78 is 5.03. The van der Waals surface area contributed by atoms with Crippen LogP contribution < -0.4 is 5.32 Å². The van der Waals surface area contributed by atoms with Gasteiger partial charge >= 0.3 is 0 Å². The Morgan fingerprint density at radius 1 is 1.22 bits per heavy atom. The van der Waals surface area contributed by atoms with E-state index in [-0.39, 0.29) is 23.1 Å². The molecule has 2 amide bonds. The molecule has 1 spiro atoms. The topological polar surface area (TPSA) is 58.6 Å². The normalized spacial score (nSPS) is 20.9. The number of likely N-dealkylation sites (tertiary alicyclic amines) is 1. The number of aryl methyl sites for hydroxylation is 1. The van der Waals surface area contributed by atoms with E-state index in [0.29, 0.717) is 26.1 Å². The Bertz CT molecular complexity index is 626. The van der Waals surface area contributed by atoms with Crippen LogP contribution in [0.15, 0.2) is 30.3 Å². The predicted molar refractivity (Wildman–Crippen MR) is 105 cm³/mol. The molecule has 5 nitrogen and oxygen atoms in total. The number of hydrogen-bond acceptors (Lipinski definition) is 3. The quantitative estimate of drug-likeness (QED) is 0.714. The van der Waals surface area contributed by atoms with Crippen molar-refractivity contribution < 1.29 is 14.3 Å². The highest BCUT2D eigenvalue weighted by atomic mass is 16.5. The van der Waals surface area contributed by atoms with Crippen molar-refractivity contribution in [1.29, 1.82) is 0 Å². The predicted octanol–water partition coefficient (Wildman–Crippen LogP) is 2.79. The first-order chi connectivity index (χ1) is 13.1. The number of amides is 2. The van der Waals surface area contributed by atoms with Gasteiger partial charge in [-0.15, -0.1) is 0 Å². The van der Waals surface area contributed by atoms with Crippen molar-refractivity contribution in [3.8, 4) is 0 Å². The summed E-state index contributed by atoms with van der Waals surface area (Å²) in [5.74, 6) is 0.216. The Kier molecular flexibility index (Phi) is 6.89. The molecular formula is C22H32N2O3. The summed E-state index contributed by atoms with van der Waals surface area (Å²) in [4.78, 5) is 27.5. The van der Waals surface area contributed by atoms with E-state index in [0.717, 1.165) is 45.1 Å². The Morgan fingerprint density at radius 2 is 1.96 bits per heavy atom. The highest BCUT2D eigenvalue weighted by Gasteiger charge is 2.51. The largest absolute Gasteiger partial charge is 0.383 e. The van der Waals surface area contributed by atoms with Crippen molar-refractivity contribution in [2.45, 2.75) is 44.9 Å². The van der Waals surface area contributed by atoms with Crippen molar-refractivity contribution >= 4 is 11.8 Å². The van der Waals surface area contributed by atoms with Crippen molar-refractivity contribution in [3.05, 3.63) is 35.9 Å². The summed E-state index contributed by atoms with van der Waals surface area (Å²) in [6.45, 7) is 2.38. The second-order valence-electron chi connectivity index (χ2n) is 8.02. The monoisotopic (exact) mass is 372 g/mol. The first-order valence-corrected chi connectivity index (χ1v) is 10.2. The van der Waals surface area contributed by atoms with Gasteiger partial charge in [-0.25, -0.2) is 0 Å². The van der Waals surface area contributed by atoms with E-state index in [1.165, 1.54) is 5.56 Å². The Morgan fingerprint density at radius 3 is 2.67 bits per heavy atom. The van der Waals surface area contributed by atoms with Crippen LogP contribution in [-0.4, -0.2) is 50.1 Å². The molecule has 2 aliphatic rings. The molecule has 0 bridgehead atoms. The average Bonchev–Trinajstić information content (AvgIpc) is 3.30. The van der Waals surface area contributed by atoms with E-state index in [1.807, 2.05) is 23.1 Å². The third kappa shape index (κ3) is 4.89. The third-order valence-corrected chi connectivity index (χ3v) is 6.22. The standard InChI is InChI=1S/C22H32N2O3/c1-27-15-14-23-21(26)19-16-24(17-22(19)12-5-6-13-22)20(25)11-7-10-18-8-3-2-4-9-18/h2-4,8-9,19H,5-7,10-17H2,1H3,(H,23,26). The third-order valence-electron chi connectivity index (χ3n) is 6.22. The minimum atomic E-state index is -0.0741. The molecule has 1 saturated carbocycles. The van der Waals surface area contributed by atoms with Gasteiger partial charge in [-0.05, 0) is 31.2 Å². The maximum atomic E-state index is 12.8. The number of methoxy groups -OCH3 is 1. The number of hydrogen-bond donors (Lipinski definition) is 1. The molecule has 148 valence electrons. The highest BCUT2D eigenvalue weighted by Crippen LogP contribution is 2.49. The zero-order valence-corrected chi connectivity index (χ0v) is 16.4. The fraction of sp³-hybridized carbons (Fsp3) is 0.636. The Balaban J connectivity index is 1.54. The number of rotatable bonds is 8. The summed E-state index contributed by atoms with van der Waals surface area (Å²) in [6, 6.07) is 10.3. The summed E-state index contributed by atoms with van der Waals surface area (Å²) in [7, 11) is 1.63. The van der Waals surface area contributed by atoms with Gasteiger partial charge in [0, 0.05) is 38.6 Å². The minimum Gasteiger partial charge on any atom is -0.383 e.